The van der Waals surface area contributed by atoms with Gasteiger partial charge in [0, 0.05) is 47.9 Å². The smallest absolute Gasteiger partial charge is 0.339 e. The highest BCUT2D eigenvalue weighted by atomic mass is 35.5. The summed E-state index contributed by atoms with van der Waals surface area (Å²) in [6.07, 6.45) is 2.90. The number of benzene rings is 3. The molecule has 0 bridgehead atoms. The molecule has 3 aromatic carbocycles. The van der Waals surface area contributed by atoms with Gasteiger partial charge < -0.3 is 14.7 Å². The van der Waals surface area contributed by atoms with Gasteiger partial charge in [-0.25, -0.2) is 13.6 Å². The van der Waals surface area contributed by atoms with Crippen LogP contribution in [0.1, 0.15) is 67.4 Å². The molecule has 1 aliphatic rings. The summed E-state index contributed by atoms with van der Waals surface area (Å²) in [5, 5.41) is 21.2. The monoisotopic (exact) mass is 669 g/mol. The van der Waals surface area contributed by atoms with Crippen molar-refractivity contribution in [3.05, 3.63) is 106 Å². The standard InChI is InChI=1S/C36H39Cl2F2N3O3/c1-7-8-9-17-43-30(20-35(2,3)4)36(21-41,26-16-13-22(37)18-28(26)39)31(25-11-10-12-27(38)32(25)40)33(43)42(5)23-14-15-24(34(44)45)29(19-23)46-6/h7,10-16,18-19,30-31,33H,1,8-9,17,20H2,2-6H3,(H,44,45)/t30-,31-,33-,36-/m0/s1. The van der Waals surface area contributed by atoms with E-state index in [1.165, 1.54) is 31.4 Å². The fraction of sp³-hybridized carbons (Fsp3) is 0.389. The average molecular weight is 671 g/mol. The molecular weight excluding hydrogens is 631 g/mol. The summed E-state index contributed by atoms with van der Waals surface area (Å²) in [4.78, 5) is 15.9. The number of methoxy groups -OCH3 is 1. The number of carboxylic acid groups (broad SMARTS) is 1. The minimum Gasteiger partial charge on any atom is -0.496 e. The fourth-order valence-corrected chi connectivity index (χ4v) is 7.20. The lowest BCUT2D eigenvalue weighted by Crippen LogP contribution is -2.49. The molecule has 0 amide bonds. The van der Waals surface area contributed by atoms with E-state index in [4.69, 9.17) is 27.9 Å². The van der Waals surface area contributed by atoms with Crippen molar-refractivity contribution in [1.29, 1.82) is 5.26 Å². The minimum atomic E-state index is -1.62. The third kappa shape index (κ3) is 6.60. The SMILES string of the molecule is C=CCCCN1[C@@H](CC(C)(C)C)[C@](C#N)(c2ccc(Cl)cc2F)[C@@H](c2cccc(Cl)c2F)[C@H]1N(C)c1ccc(C(=O)O)c(OC)c1. The number of likely N-dealkylation sites (N-methyl/N-ethyl adjacent to an activating group) is 1. The summed E-state index contributed by atoms with van der Waals surface area (Å²) in [6.45, 7) is 10.5. The number of nitrogens with zero attached hydrogens (tertiary/aromatic N) is 3. The molecule has 1 N–H and O–H groups in total. The van der Waals surface area contributed by atoms with E-state index in [0.29, 0.717) is 31.5 Å². The number of ether oxygens (including phenoxy) is 1. The van der Waals surface area contributed by atoms with Crippen LogP contribution >= 0.6 is 23.2 Å². The molecule has 1 fully saturated rings. The Labute approximate surface area is 279 Å². The van der Waals surface area contributed by atoms with Crippen LogP contribution in [0.3, 0.4) is 0 Å². The zero-order valence-electron chi connectivity index (χ0n) is 26.7. The number of hydrogen-bond acceptors (Lipinski definition) is 5. The van der Waals surface area contributed by atoms with Gasteiger partial charge in [0.05, 0.1) is 24.4 Å². The normalized spacial score (nSPS) is 21.5. The Morgan fingerprint density at radius 1 is 1.20 bits per heavy atom. The van der Waals surface area contributed by atoms with Crippen molar-refractivity contribution in [1.82, 2.24) is 4.90 Å². The molecule has 6 nitrogen and oxygen atoms in total. The number of carboxylic acids is 1. The van der Waals surface area contributed by atoms with Gasteiger partial charge in [-0.15, -0.1) is 6.58 Å². The second-order valence-electron chi connectivity index (χ2n) is 12.9. The Morgan fingerprint density at radius 3 is 2.50 bits per heavy atom. The van der Waals surface area contributed by atoms with Crippen molar-refractivity contribution in [3.63, 3.8) is 0 Å². The van der Waals surface area contributed by atoms with Crippen LogP contribution in [0.5, 0.6) is 5.75 Å². The molecule has 0 saturated carbocycles. The van der Waals surface area contributed by atoms with Crippen LogP contribution in [0.25, 0.3) is 0 Å². The van der Waals surface area contributed by atoms with Crippen LogP contribution in [0.4, 0.5) is 14.5 Å². The van der Waals surface area contributed by atoms with E-state index in [2.05, 4.69) is 38.3 Å². The Balaban J connectivity index is 2.13. The first kappa shape index (κ1) is 35.2. The molecule has 244 valence electrons. The molecule has 0 aromatic heterocycles. The molecule has 3 aromatic rings. The van der Waals surface area contributed by atoms with Gasteiger partial charge in [0.2, 0.25) is 0 Å². The molecule has 46 heavy (non-hydrogen) atoms. The number of allylic oxidation sites excluding steroid dienone is 1. The average Bonchev–Trinajstić information content (AvgIpc) is 3.25. The molecule has 0 aliphatic carbocycles. The maximum Gasteiger partial charge on any atom is 0.339 e. The number of likely N-dealkylation sites (tertiary alicyclic amines) is 1. The molecule has 0 spiro atoms. The topological polar surface area (TPSA) is 76.8 Å². The van der Waals surface area contributed by atoms with Gasteiger partial charge in [-0.05, 0) is 60.6 Å². The molecule has 0 radical (unpaired) electrons. The number of hydrogen-bond donors (Lipinski definition) is 1. The molecule has 1 heterocycles. The van der Waals surface area contributed by atoms with Gasteiger partial charge in [-0.3, -0.25) is 4.90 Å². The first-order valence-corrected chi connectivity index (χ1v) is 15.8. The van der Waals surface area contributed by atoms with E-state index >= 15 is 8.78 Å². The lowest BCUT2D eigenvalue weighted by atomic mass is 9.63. The van der Waals surface area contributed by atoms with Crippen molar-refractivity contribution in [2.24, 2.45) is 5.41 Å². The predicted molar refractivity (Wildman–Crippen MR) is 179 cm³/mol. The van der Waals surface area contributed by atoms with Crippen molar-refractivity contribution < 1.29 is 23.4 Å². The quantitative estimate of drug-likeness (QED) is 0.162. The number of unbranched alkanes of at least 4 members (excludes halogenated alkanes) is 1. The van der Waals surface area contributed by atoms with Crippen LogP contribution in [0, 0.1) is 28.4 Å². The van der Waals surface area contributed by atoms with Crippen molar-refractivity contribution in [2.75, 3.05) is 25.6 Å². The van der Waals surface area contributed by atoms with Gasteiger partial charge in [-0.2, -0.15) is 5.26 Å². The first-order valence-electron chi connectivity index (χ1n) is 15.0. The fourth-order valence-electron chi connectivity index (χ4n) is 6.86. The zero-order valence-corrected chi connectivity index (χ0v) is 28.2. The summed E-state index contributed by atoms with van der Waals surface area (Å²) in [5.41, 5.74) is -1.13. The first-order chi connectivity index (χ1) is 21.7. The van der Waals surface area contributed by atoms with Gasteiger partial charge in [0.25, 0.3) is 0 Å². The minimum absolute atomic E-state index is 0.0217. The van der Waals surface area contributed by atoms with Gasteiger partial charge >= 0.3 is 5.97 Å². The molecular formula is C36H39Cl2F2N3O3. The van der Waals surface area contributed by atoms with E-state index in [1.54, 1.807) is 37.4 Å². The van der Waals surface area contributed by atoms with E-state index in [1.807, 2.05) is 11.0 Å². The van der Waals surface area contributed by atoms with Crippen molar-refractivity contribution in [2.45, 2.75) is 63.6 Å². The van der Waals surface area contributed by atoms with E-state index < -0.39 is 41.1 Å². The van der Waals surface area contributed by atoms with E-state index in [9.17, 15) is 15.2 Å². The Bertz CT molecular complexity index is 1650. The van der Waals surface area contributed by atoms with E-state index in [0.717, 1.165) is 0 Å². The molecule has 4 atom stereocenters. The lowest BCUT2D eigenvalue weighted by Gasteiger charge is -2.40. The number of halogens is 4. The molecule has 10 heteroatoms. The zero-order chi connectivity index (χ0) is 34.0. The van der Waals surface area contributed by atoms with Crippen LogP contribution in [0.15, 0.2) is 67.3 Å². The number of aromatic carboxylic acids is 1. The van der Waals surface area contributed by atoms with Crippen molar-refractivity contribution in [3.8, 4) is 11.8 Å². The molecule has 1 aliphatic heterocycles. The third-order valence-corrected chi connectivity index (χ3v) is 9.31. The largest absolute Gasteiger partial charge is 0.496 e. The van der Waals surface area contributed by atoms with Crippen LogP contribution < -0.4 is 9.64 Å². The second-order valence-corrected chi connectivity index (χ2v) is 13.7. The van der Waals surface area contributed by atoms with Gasteiger partial charge in [0.1, 0.15) is 28.4 Å². The Hall–Kier alpha value is -3.64. The highest BCUT2D eigenvalue weighted by Crippen LogP contribution is 2.57. The van der Waals surface area contributed by atoms with Crippen LogP contribution in [0.2, 0.25) is 10.0 Å². The summed E-state index contributed by atoms with van der Waals surface area (Å²) in [6, 6.07) is 15.6. The molecule has 4 rings (SSSR count). The summed E-state index contributed by atoms with van der Waals surface area (Å²) < 4.78 is 38.0. The number of anilines is 1. The highest BCUT2D eigenvalue weighted by molar-refractivity contribution is 6.31. The third-order valence-electron chi connectivity index (χ3n) is 8.78. The number of carbonyl (C=O) groups is 1. The summed E-state index contributed by atoms with van der Waals surface area (Å²) in [7, 11) is 3.19. The molecule has 0 unspecified atom stereocenters. The van der Waals surface area contributed by atoms with Crippen molar-refractivity contribution >= 4 is 34.9 Å². The maximum absolute atomic E-state index is 16.3. The highest BCUT2D eigenvalue weighted by Gasteiger charge is 2.64. The predicted octanol–water partition coefficient (Wildman–Crippen LogP) is 9.07. The Kier molecular flexibility index (Phi) is 10.7. The maximum atomic E-state index is 16.3. The van der Waals surface area contributed by atoms with E-state index in [-0.39, 0.29) is 37.9 Å². The number of rotatable bonds is 11. The molecule has 1 saturated heterocycles. The van der Waals surface area contributed by atoms with Crippen LogP contribution in [-0.4, -0.2) is 48.9 Å². The van der Waals surface area contributed by atoms with Gasteiger partial charge in [0.15, 0.2) is 0 Å². The Morgan fingerprint density at radius 2 is 1.91 bits per heavy atom. The number of nitriles is 1. The second kappa shape index (κ2) is 14.0. The summed E-state index contributed by atoms with van der Waals surface area (Å²) in [5.74, 6) is -3.34. The van der Waals surface area contributed by atoms with Crippen LogP contribution in [-0.2, 0) is 5.41 Å². The lowest BCUT2D eigenvalue weighted by molar-refractivity contribution is 0.0693. The van der Waals surface area contributed by atoms with Gasteiger partial charge in [-0.1, -0.05) is 68.2 Å². The summed E-state index contributed by atoms with van der Waals surface area (Å²) >= 11 is 12.6.